The maximum Gasteiger partial charge on any atom is 0.331 e. The van der Waals surface area contributed by atoms with E-state index in [1.165, 1.54) is 0 Å². The average molecular weight is 782 g/mol. The molecule has 7 fully saturated rings. The van der Waals surface area contributed by atoms with E-state index in [0.717, 1.165) is 44.1 Å². The monoisotopic (exact) mass is 781 g/mol. The minimum atomic E-state index is -1.08. The van der Waals surface area contributed by atoms with Crippen LogP contribution >= 0.6 is 0 Å². The van der Waals surface area contributed by atoms with E-state index in [4.69, 9.17) is 38.9 Å². The Labute approximate surface area is 322 Å². The summed E-state index contributed by atoms with van der Waals surface area (Å²) in [6, 6.07) is 0. The Bertz CT molecular complexity index is 1420. The van der Waals surface area contributed by atoms with Gasteiger partial charge in [-0.1, -0.05) is 13.8 Å². The van der Waals surface area contributed by atoms with Gasteiger partial charge in [-0.2, -0.15) is 0 Å². The van der Waals surface area contributed by atoms with Gasteiger partial charge in [0.2, 0.25) is 0 Å². The van der Waals surface area contributed by atoms with Crippen LogP contribution in [0.5, 0.6) is 0 Å². The fraction of sp³-hybridized carbons (Fsp3) is 0.925. The zero-order valence-corrected chi connectivity index (χ0v) is 32.5. The fourth-order valence-electron chi connectivity index (χ4n) is 12.6. The lowest BCUT2D eigenvalue weighted by Crippen LogP contribution is -2.67. The van der Waals surface area contributed by atoms with Gasteiger partial charge in [-0.25, -0.2) is 4.79 Å². The van der Waals surface area contributed by atoms with Gasteiger partial charge in [-0.15, -0.1) is 0 Å². The number of aliphatic hydroxyl groups excluding tert-OH is 5. The van der Waals surface area contributed by atoms with Crippen molar-refractivity contribution in [1.82, 2.24) is 0 Å². The molecular formula is C40H63NO14. The molecule has 3 saturated heterocycles. The molecule has 15 nitrogen and oxygen atoms in total. The van der Waals surface area contributed by atoms with Crippen LogP contribution in [-0.2, 0) is 38.0 Å². The molecule has 4 aliphatic heterocycles. The van der Waals surface area contributed by atoms with Crippen molar-refractivity contribution in [3.05, 3.63) is 11.6 Å². The van der Waals surface area contributed by atoms with E-state index in [1.807, 2.05) is 13.8 Å². The highest BCUT2D eigenvalue weighted by atomic mass is 16.7. The second-order valence-electron chi connectivity index (χ2n) is 18.6. The summed E-state index contributed by atoms with van der Waals surface area (Å²) in [7, 11) is 0. The molecule has 0 aromatic rings. The first-order chi connectivity index (χ1) is 26.0. The van der Waals surface area contributed by atoms with E-state index in [-0.39, 0.29) is 61.1 Å². The van der Waals surface area contributed by atoms with Crippen molar-refractivity contribution in [1.29, 1.82) is 0 Å². The number of fused-ring (bicyclic) bond motifs is 5. The number of hydrogen-bond acceptors (Lipinski definition) is 15. The first-order valence-corrected chi connectivity index (χ1v) is 20.7. The van der Waals surface area contributed by atoms with Gasteiger partial charge in [0, 0.05) is 30.8 Å². The molecule has 21 atom stereocenters. The number of carbonyl (C=O) groups excluding carboxylic acids is 1. The predicted octanol–water partition coefficient (Wildman–Crippen LogP) is 1.11. The number of cyclic esters (lactones) is 1. The highest BCUT2D eigenvalue weighted by Gasteiger charge is 2.71. The Hall–Kier alpha value is -1.31. The molecule has 4 heterocycles. The molecule has 0 bridgehead atoms. The van der Waals surface area contributed by atoms with Gasteiger partial charge in [0.15, 0.2) is 18.9 Å². The fourth-order valence-corrected chi connectivity index (χ4v) is 12.6. The number of carbonyl (C=O) groups is 1. The largest absolute Gasteiger partial charge is 0.458 e. The van der Waals surface area contributed by atoms with Gasteiger partial charge < -0.3 is 69.5 Å². The molecule has 1 unspecified atom stereocenters. The lowest BCUT2D eigenvalue weighted by Gasteiger charge is -2.65. The predicted molar refractivity (Wildman–Crippen MR) is 191 cm³/mol. The van der Waals surface area contributed by atoms with Crippen LogP contribution in [0.4, 0.5) is 0 Å². The number of esters is 1. The van der Waals surface area contributed by atoms with Crippen LogP contribution < -0.4 is 5.73 Å². The highest BCUT2D eigenvalue weighted by Crippen LogP contribution is 2.70. The Kier molecular flexibility index (Phi) is 11.1. The molecule has 0 radical (unpaired) electrons. The van der Waals surface area contributed by atoms with Crippen LogP contribution in [0.2, 0.25) is 0 Å². The molecule has 8 rings (SSSR count). The van der Waals surface area contributed by atoms with Crippen LogP contribution in [0.25, 0.3) is 0 Å². The molecule has 55 heavy (non-hydrogen) atoms. The molecule has 0 spiro atoms. The maximum atomic E-state index is 12.6. The first kappa shape index (κ1) is 40.5. The number of aliphatic hydroxyl groups is 6. The van der Waals surface area contributed by atoms with E-state index < -0.39 is 91.0 Å². The Morgan fingerprint density at radius 3 is 2.07 bits per heavy atom. The summed E-state index contributed by atoms with van der Waals surface area (Å²) in [6.07, 6.45) is -3.11. The Morgan fingerprint density at radius 1 is 0.745 bits per heavy atom. The molecule has 312 valence electrons. The molecule has 0 aromatic carbocycles. The van der Waals surface area contributed by atoms with Gasteiger partial charge in [0.1, 0.15) is 31.1 Å². The number of ether oxygens (including phenoxy) is 7. The Balaban J connectivity index is 0.837. The SMILES string of the molecule is C[C@H]1O[C@@H](O[C@H]2[C@@H](O)C[C@H](O[C@H]3[C@@H](O)C[C@H](O[C@H]4CC[C@@]5(C)[C@H](CC[C@@H]6[C@@H]5C[C@@H](O)[C@]5(C)C(C7=CC(=O)OC7)CC[C@]65O)C4)O[C@@H]3C)O[C@@H]2N)C[C@H](O)[C@@H]1O. The smallest absolute Gasteiger partial charge is 0.331 e. The number of hydrogen-bond donors (Lipinski definition) is 7. The minimum Gasteiger partial charge on any atom is -0.458 e. The van der Waals surface area contributed by atoms with E-state index in [0.29, 0.717) is 18.8 Å². The van der Waals surface area contributed by atoms with Crippen molar-refractivity contribution in [3.8, 4) is 0 Å². The molecule has 0 amide bonds. The topological polar surface area (TPSA) is 229 Å². The van der Waals surface area contributed by atoms with E-state index in [1.54, 1.807) is 13.0 Å². The lowest BCUT2D eigenvalue weighted by molar-refractivity contribution is -0.337. The lowest BCUT2D eigenvalue weighted by atomic mass is 9.42. The van der Waals surface area contributed by atoms with Gasteiger partial charge >= 0.3 is 5.97 Å². The standard InChI is InChI=1S/C40H63NO14/c1-18-34(47)26(42)14-32(50-18)54-36-28(44)16-33(55-37(36)41)53-35-19(2)51-31(15-27(35)43)52-22-7-9-38(3)21(12-22)5-6-24-25(38)13-29(45)39(4)23(8-10-40(24,39)48)20-11-30(46)49-17-20/h11,18-19,21-29,31-37,42-45,47-48H,5-10,12-17,41H2,1-4H3/t18-,19-,21-,22+,23?,24-,25+,26+,27+,28+,29-,31+,32+,33-,34-,35-,36+,37+,38+,39+,40+/m1/s1. The van der Waals surface area contributed by atoms with Crippen molar-refractivity contribution < 1.29 is 68.6 Å². The second-order valence-corrected chi connectivity index (χ2v) is 18.6. The Morgan fingerprint density at radius 2 is 1.40 bits per heavy atom. The van der Waals surface area contributed by atoms with Crippen LogP contribution in [0.1, 0.15) is 98.3 Å². The van der Waals surface area contributed by atoms with Gasteiger partial charge in [-0.3, -0.25) is 0 Å². The third-order valence-electron chi connectivity index (χ3n) is 15.8. The minimum absolute atomic E-state index is 0.0189. The van der Waals surface area contributed by atoms with Gasteiger partial charge in [0.05, 0.1) is 48.3 Å². The normalized spacial score (nSPS) is 55.5. The molecular weight excluding hydrogens is 718 g/mol. The van der Waals surface area contributed by atoms with Crippen LogP contribution in [0.3, 0.4) is 0 Å². The molecule has 4 saturated carbocycles. The molecule has 0 aromatic heterocycles. The summed E-state index contributed by atoms with van der Waals surface area (Å²) in [5.41, 5.74) is 5.31. The molecule has 4 aliphatic carbocycles. The summed E-state index contributed by atoms with van der Waals surface area (Å²) in [5, 5.41) is 66.7. The van der Waals surface area contributed by atoms with Gasteiger partial charge in [-0.05, 0) is 99.9 Å². The van der Waals surface area contributed by atoms with E-state index in [2.05, 4.69) is 6.92 Å². The third kappa shape index (κ3) is 6.94. The zero-order chi connectivity index (χ0) is 39.2. The molecule has 8 N–H and O–H groups in total. The summed E-state index contributed by atoms with van der Waals surface area (Å²) >= 11 is 0. The van der Waals surface area contributed by atoms with Crippen molar-refractivity contribution in [2.45, 2.75) is 190 Å². The molecule has 15 heteroatoms. The summed E-state index contributed by atoms with van der Waals surface area (Å²) in [4.78, 5) is 11.9. The van der Waals surface area contributed by atoms with Crippen LogP contribution in [0, 0.1) is 34.5 Å². The second kappa shape index (κ2) is 15.1. The third-order valence-corrected chi connectivity index (χ3v) is 15.8. The average Bonchev–Trinajstić information content (AvgIpc) is 3.67. The summed E-state index contributed by atoms with van der Waals surface area (Å²) < 4.78 is 41.5. The summed E-state index contributed by atoms with van der Waals surface area (Å²) in [6.45, 7) is 8.05. The van der Waals surface area contributed by atoms with Crippen molar-refractivity contribution in [3.63, 3.8) is 0 Å². The molecule has 8 aliphatic rings. The first-order valence-electron chi connectivity index (χ1n) is 20.7. The highest BCUT2D eigenvalue weighted by molar-refractivity contribution is 5.85. The van der Waals surface area contributed by atoms with Gasteiger partial charge in [0.25, 0.3) is 0 Å². The quantitative estimate of drug-likeness (QED) is 0.142. The van der Waals surface area contributed by atoms with E-state index in [9.17, 15) is 35.4 Å². The maximum absolute atomic E-state index is 12.6. The van der Waals surface area contributed by atoms with E-state index >= 15 is 0 Å². The van der Waals surface area contributed by atoms with Crippen LogP contribution in [0.15, 0.2) is 11.6 Å². The van der Waals surface area contributed by atoms with Crippen molar-refractivity contribution in [2.75, 3.05) is 6.61 Å². The van der Waals surface area contributed by atoms with Crippen LogP contribution in [-0.4, -0.2) is 135 Å². The number of rotatable bonds is 7. The van der Waals surface area contributed by atoms with Crippen molar-refractivity contribution >= 4 is 5.97 Å². The summed E-state index contributed by atoms with van der Waals surface area (Å²) in [5.74, 6) is 0.166. The number of nitrogens with two attached hydrogens (primary N) is 1. The van der Waals surface area contributed by atoms with Crippen molar-refractivity contribution in [2.24, 2.45) is 40.2 Å². The zero-order valence-electron chi connectivity index (χ0n) is 32.5.